The molecule has 1 aliphatic rings. The van der Waals surface area contributed by atoms with E-state index in [9.17, 15) is 0 Å². The number of hydrogen-bond acceptors (Lipinski definition) is 2. The van der Waals surface area contributed by atoms with Crippen LogP contribution >= 0.6 is 11.6 Å². The maximum atomic E-state index is 6.11. The van der Waals surface area contributed by atoms with Gasteiger partial charge >= 0.3 is 0 Å². The number of likely N-dealkylation sites (tertiary alicyclic amines) is 1. The Kier molecular flexibility index (Phi) is 5.07. The van der Waals surface area contributed by atoms with Crippen LogP contribution in [0.1, 0.15) is 37.4 Å². The minimum atomic E-state index is 0.606. The van der Waals surface area contributed by atoms with E-state index in [1.807, 2.05) is 6.07 Å². The Morgan fingerprint density at radius 2 is 2.27 bits per heavy atom. The van der Waals surface area contributed by atoms with Gasteiger partial charge in [0.1, 0.15) is 0 Å². The highest BCUT2D eigenvalue weighted by atomic mass is 35.5. The Bertz CT molecular complexity index is 633. The molecule has 0 bridgehead atoms. The van der Waals surface area contributed by atoms with E-state index in [2.05, 4.69) is 41.2 Å². The number of hydrogen-bond donors (Lipinski definition) is 2. The lowest BCUT2D eigenvalue weighted by Gasteiger charge is -2.33. The first-order chi connectivity index (χ1) is 10.7. The Labute approximate surface area is 138 Å². The molecule has 0 radical (unpaired) electrons. The Morgan fingerprint density at radius 1 is 1.41 bits per heavy atom. The van der Waals surface area contributed by atoms with Crippen LogP contribution in [0.3, 0.4) is 0 Å². The molecular formula is C18H26ClN3. The molecule has 0 amide bonds. The zero-order valence-corrected chi connectivity index (χ0v) is 14.3. The summed E-state index contributed by atoms with van der Waals surface area (Å²) in [6.07, 6.45) is 3.83. The Hall–Kier alpha value is -1.03. The monoisotopic (exact) mass is 319 g/mol. The molecule has 1 aromatic heterocycles. The van der Waals surface area contributed by atoms with Crippen molar-refractivity contribution in [3.63, 3.8) is 0 Å². The molecule has 1 unspecified atom stereocenters. The highest BCUT2D eigenvalue weighted by molar-refractivity contribution is 6.31. The first kappa shape index (κ1) is 15.9. The molecule has 3 rings (SSSR count). The molecule has 2 N–H and O–H groups in total. The van der Waals surface area contributed by atoms with E-state index in [1.165, 1.54) is 61.1 Å². The summed E-state index contributed by atoms with van der Waals surface area (Å²) in [6.45, 7) is 9.01. The number of nitrogens with one attached hydrogen (secondary N) is 2. The van der Waals surface area contributed by atoms with Gasteiger partial charge in [-0.25, -0.2) is 0 Å². The van der Waals surface area contributed by atoms with Gasteiger partial charge in [0.05, 0.1) is 0 Å². The van der Waals surface area contributed by atoms with Gasteiger partial charge in [0.25, 0.3) is 0 Å². The maximum absolute atomic E-state index is 6.11. The zero-order valence-electron chi connectivity index (χ0n) is 13.6. The summed E-state index contributed by atoms with van der Waals surface area (Å²) >= 11 is 6.11. The van der Waals surface area contributed by atoms with E-state index in [1.54, 1.807) is 0 Å². The van der Waals surface area contributed by atoms with Crippen LogP contribution in [0.25, 0.3) is 10.9 Å². The van der Waals surface area contributed by atoms with Crippen molar-refractivity contribution in [2.75, 3.05) is 19.6 Å². The molecule has 1 fully saturated rings. The van der Waals surface area contributed by atoms with Crippen molar-refractivity contribution in [1.82, 2.24) is 15.2 Å². The number of piperidine rings is 1. The molecule has 0 aliphatic carbocycles. The number of aromatic amines is 1. The van der Waals surface area contributed by atoms with Crippen LogP contribution in [0.15, 0.2) is 18.2 Å². The van der Waals surface area contributed by atoms with E-state index < -0.39 is 0 Å². The summed E-state index contributed by atoms with van der Waals surface area (Å²) in [5.41, 5.74) is 3.77. The van der Waals surface area contributed by atoms with Crippen molar-refractivity contribution in [2.45, 2.75) is 45.7 Å². The number of fused-ring (bicyclic) bond motifs is 1. The fraction of sp³-hybridized carbons (Fsp3) is 0.556. The van der Waals surface area contributed by atoms with E-state index in [0.717, 1.165) is 11.6 Å². The number of rotatable bonds is 5. The third-order valence-electron chi connectivity index (χ3n) is 4.74. The summed E-state index contributed by atoms with van der Waals surface area (Å²) in [7, 11) is 0. The highest BCUT2D eigenvalue weighted by Crippen LogP contribution is 2.25. The SMILES string of the molecule is CCCN1CCCC(NCc2[nH]c3ccc(Cl)cc3c2C)C1. The van der Waals surface area contributed by atoms with Crippen molar-refractivity contribution < 1.29 is 0 Å². The predicted molar refractivity (Wildman–Crippen MR) is 94.6 cm³/mol. The maximum Gasteiger partial charge on any atom is 0.0460 e. The minimum absolute atomic E-state index is 0.606. The summed E-state index contributed by atoms with van der Waals surface area (Å²) in [5, 5.41) is 5.78. The van der Waals surface area contributed by atoms with Crippen molar-refractivity contribution >= 4 is 22.5 Å². The second-order valence-corrected chi connectivity index (χ2v) is 6.88. The molecule has 4 heteroatoms. The molecule has 3 nitrogen and oxygen atoms in total. The van der Waals surface area contributed by atoms with Crippen LogP contribution in [0.5, 0.6) is 0 Å². The largest absolute Gasteiger partial charge is 0.357 e. The Balaban J connectivity index is 1.65. The lowest BCUT2D eigenvalue weighted by molar-refractivity contribution is 0.190. The second-order valence-electron chi connectivity index (χ2n) is 6.44. The minimum Gasteiger partial charge on any atom is -0.357 e. The molecule has 1 aliphatic heterocycles. The van der Waals surface area contributed by atoms with E-state index in [0.29, 0.717) is 6.04 Å². The molecule has 2 heterocycles. The normalized spacial score (nSPS) is 19.9. The van der Waals surface area contributed by atoms with Crippen LogP contribution < -0.4 is 5.32 Å². The number of benzene rings is 1. The van der Waals surface area contributed by atoms with E-state index in [-0.39, 0.29) is 0 Å². The fourth-order valence-electron chi connectivity index (χ4n) is 3.52. The summed E-state index contributed by atoms with van der Waals surface area (Å²) in [4.78, 5) is 6.11. The Morgan fingerprint density at radius 3 is 3.09 bits per heavy atom. The first-order valence-electron chi connectivity index (χ1n) is 8.40. The molecular weight excluding hydrogens is 294 g/mol. The zero-order chi connectivity index (χ0) is 15.5. The molecule has 2 aromatic rings. The van der Waals surface area contributed by atoms with Gasteiger partial charge in [0.2, 0.25) is 0 Å². The average Bonchev–Trinajstić information content (AvgIpc) is 2.82. The van der Waals surface area contributed by atoms with Crippen molar-refractivity contribution in [3.8, 4) is 0 Å². The van der Waals surface area contributed by atoms with Crippen LogP contribution in [-0.4, -0.2) is 35.6 Å². The quantitative estimate of drug-likeness (QED) is 0.869. The van der Waals surface area contributed by atoms with Gasteiger partial charge in [-0.2, -0.15) is 0 Å². The topological polar surface area (TPSA) is 31.1 Å². The molecule has 0 saturated carbocycles. The van der Waals surface area contributed by atoms with Gasteiger partial charge in [0.15, 0.2) is 0 Å². The van der Waals surface area contributed by atoms with Gasteiger partial charge in [0, 0.05) is 40.8 Å². The predicted octanol–water partition coefficient (Wildman–Crippen LogP) is 4.09. The van der Waals surface area contributed by atoms with Gasteiger partial charge < -0.3 is 15.2 Å². The van der Waals surface area contributed by atoms with E-state index >= 15 is 0 Å². The van der Waals surface area contributed by atoms with Crippen molar-refractivity contribution in [3.05, 3.63) is 34.5 Å². The summed E-state index contributed by atoms with van der Waals surface area (Å²) < 4.78 is 0. The number of halogens is 1. The van der Waals surface area contributed by atoms with Crippen LogP contribution in [0.2, 0.25) is 5.02 Å². The third-order valence-corrected chi connectivity index (χ3v) is 4.97. The lowest BCUT2D eigenvalue weighted by atomic mass is 10.1. The fourth-order valence-corrected chi connectivity index (χ4v) is 3.69. The number of aromatic nitrogens is 1. The molecule has 22 heavy (non-hydrogen) atoms. The van der Waals surface area contributed by atoms with Crippen LogP contribution in [0, 0.1) is 6.92 Å². The van der Waals surface area contributed by atoms with E-state index in [4.69, 9.17) is 11.6 Å². The number of aryl methyl sites for hydroxylation is 1. The smallest absolute Gasteiger partial charge is 0.0460 e. The highest BCUT2D eigenvalue weighted by Gasteiger charge is 2.19. The average molecular weight is 320 g/mol. The number of H-pyrrole nitrogens is 1. The number of nitrogens with zero attached hydrogens (tertiary/aromatic N) is 1. The lowest BCUT2D eigenvalue weighted by Crippen LogP contribution is -2.45. The van der Waals surface area contributed by atoms with Crippen LogP contribution in [-0.2, 0) is 6.54 Å². The second kappa shape index (κ2) is 7.03. The summed E-state index contributed by atoms with van der Waals surface area (Å²) in [6, 6.07) is 6.67. The van der Waals surface area contributed by atoms with Crippen molar-refractivity contribution in [2.24, 2.45) is 0 Å². The molecule has 0 spiro atoms. The summed E-state index contributed by atoms with van der Waals surface area (Å²) in [5.74, 6) is 0. The van der Waals surface area contributed by atoms with Gasteiger partial charge in [-0.05, 0) is 63.0 Å². The van der Waals surface area contributed by atoms with Crippen LogP contribution in [0.4, 0.5) is 0 Å². The molecule has 1 atom stereocenters. The van der Waals surface area contributed by atoms with Gasteiger partial charge in [-0.3, -0.25) is 0 Å². The molecule has 1 aromatic carbocycles. The van der Waals surface area contributed by atoms with Gasteiger partial charge in [-0.15, -0.1) is 0 Å². The van der Waals surface area contributed by atoms with Crippen molar-refractivity contribution in [1.29, 1.82) is 0 Å². The third kappa shape index (κ3) is 3.48. The van der Waals surface area contributed by atoms with Gasteiger partial charge in [-0.1, -0.05) is 18.5 Å². The standard InChI is InChI=1S/C18H26ClN3/c1-3-8-22-9-4-5-15(12-22)20-11-18-13(2)16-10-14(19)6-7-17(16)21-18/h6-7,10,15,20-21H,3-5,8-9,11-12H2,1-2H3. The molecule has 1 saturated heterocycles. The molecule has 120 valence electrons. The first-order valence-corrected chi connectivity index (χ1v) is 8.77.